The Labute approximate surface area is 150 Å². The normalized spacial score (nSPS) is 20.5. The molecule has 136 valence electrons. The molecule has 5 nitrogen and oxygen atoms in total. The lowest BCUT2D eigenvalue weighted by Crippen LogP contribution is -2.42. The highest BCUT2D eigenvalue weighted by Crippen LogP contribution is 2.17. The summed E-state index contributed by atoms with van der Waals surface area (Å²) in [4.78, 5) is 2.26. The topological polar surface area (TPSA) is 50.5 Å². The first kappa shape index (κ1) is 18.1. The Bertz CT molecular complexity index is 653. The third-order valence-corrected chi connectivity index (χ3v) is 4.94. The molecule has 1 saturated heterocycles. The van der Waals surface area contributed by atoms with E-state index in [0.29, 0.717) is 13.2 Å². The van der Waals surface area contributed by atoms with Gasteiger partial charge in [0.05, 0.1) is 37.2 Å². The molecule has 2 heterocycles. The molecule has 0 aliphatic carbocycles. The molecule has 0 bridgehead atoms. The summed E-state index contributed by atoms with van der Waals surface area (Å²) in [5, 5.41) is 14.6. The second-order valence-corrected chi connectivity index (χ2v) is 6.80. The Morgan fingerprint density at radius 3 is 2.64 bits per heavy atom. The van der Waals surface area contributed by atoms with E-state index in [-0.39, 0.29) is 6.04 Å². The highest BCUT2D eigenvalue weighted by Gasteiger charge is 2.31. The molecule has 2 atom stereocenters. The first-order valence-electron chi connectivity index (χ1n) is 9.34. The van der Waals surface area contributed by atoms with E-state index in [0.717, 1.165) is 30.8 Å². The zero-order valence-corrected chi connectivity index (χ0v) is 15.3. The van der Waals surface area contributed by atoms with E-state index in [9.17, 15) is 5.11 Å². The zero-order chi connectivity index (χ0) is 17.6. The van der Waals surface area contributed by atoms with E-state index in [1.165, 1.54) is 18.4 Å². The molecule has 0 radical (unpaired) electrons. The predicted molar refractivity (Wildman–Crippen MR) is 98.9 cm³/mol. The molecule has 1 fully saturated rings. The maximum absolute atomic E-state index is 10.1. The maximum atomic E-state index is 10.1. The van der Waals surface area contributed by atoms with Crippen molar-refractivity contribution in [1.82, 2.24) is 14.7 Å². The van der Waals surface area contributed by atoms with E-state index >= 15 is 0 Å². The van der Waals surface area contributed by atoms with Crippen molar-refractivity contribution in [2.75, 3.05) is 19.8 Å². The summed E-state index contributed by atoms with van der Waals surface area (Å²) in [5.74, 6) is 0. The van der Waals surface area contributed by atoms with Crippen LogP contribution in [0.4, 0.5) is 0 Å². The minimum atomic E-state index is -0.398. The summed E-state index contributed by atoms with van der Waals surface area (Å²) in [6.45, 7) is 7.02. The number of benzene rings is 1. The van der Waals surface area contributed by atoms with Crippen LogP contribution in [0.3, 0.4) is 0 Å². The molecule has 0 saturated carbocycles. The molecule has 1 aliphatic heterocycles. The molecular weight excluding hydrogens is 314 g/mol. The first-order valence-corrected chi connectivity index (χ1v) is 9.34. The van der Waals surface area contributed by atoms with Crippen LogP contribution in [-0.4, -0.2) is 51.7 Å². The van der Waals surface area contributed by atoms with Gasteiger partial charge in [-0.15, -0.1) is 0 Å². The van der Waals surface area contributed by atoms with Crippen molar-refractivity contribution in [2.24, 2.45) is 0 Å². The largest absolute Gasteiger partial charge is 0.389 e. The first-order chi connectivity index (χ1) is 12.2. The number of nitrogens with zero attached hydrogens (tertiary/aromatic N) is 3. The summed E-state index contributed by atoms with van der Waals surface area (Å²) in [5.41, 5.74) is 3.61. The molecular formula is C20H29N3O2. The SMILES string of the molecule is CCCCc1ccc(-n2cc(CN(CC)[C@@H]3COC[C@H]3O)cn2)cc1. The van der Waals surface area contributed by atoms with Gasteiger partial charge in [0.1, 0.15) is 0 Å². The number of hydrogen-bond donors (Lipinski definition) is 1. The number of hydrogen-bond acceptors (Lipinski definition) is 4. The van der Waals surface area contributed by atoms with Crippen molar-refractivity contribution in [3.63, 3.8) is 0 Å². The standard InChI is InChI=1S/C20H29N3O2/c1-3-5-6-16-7-9-18(10-8-16)23-13-17(11-21-23)12-22(4-2)19-14-25-15-20(19)24/h7-11,13,19-20,24H,3-6,12,14-15H2,1-2H3/t19-,20-/m1/s1. The Morgan fingerprint density at radius 1 is 1.20 bits per heavy atom. The number of rotatable bonds is 8. The van der Waals surface area contributed by atoms with E-state index in [1.807, 2.05) is 10.9 Å². The zero-order valence-electron chi connectivity index (χ0n) is 15.3. The van der Waals surface area contributed by atoms with Gasteiger partial charge < -0.3 is 9.84 Å². The lowest BCUT2D eigenvalue weighted by molar-refractivity contribution is 0.0808. The van der Waals surface area contributed by atoms with E-state index < -0.39 is 6.10 Å². The molecule has 5 heteroatoms. The van der Waals surface area contributed by atoms with Gasteiger partial charge in [-0.2, -0.15) is 5.10 Å². The highest BCUT2D eigenvalue weighted by atomic mass is 16.5. The van der Waals surface area contributed by atoms with Gasteiger partial charge in [0.2, 0.25) is 0 Å². The van der Waals surface area contributed by atoms with Gasteiger partial charge in [-0.05, 0) is 37.1 Å². The van der Waals surface area contributed by atoms with Crippen LogP contribution in [0.15, 0.2) is 36.7 Å². The number of unbranched alkanes of at least 4 members (excludes halogenated alkanes) is 1. The second-order valence-electron chi connectivity index (χ2n) is 6.80. The molecule has 0 unspecified atom stereocenters. The van der Waals surface area contributed by atoms with Gasteiger partial charge in [-0.1, -0.05) is 32.4 Å². The Balaban J connectivity index is 1.65. The van der Waals surface area contributed by atoms with Crippen LogP contribution in [-0.2, 0) is 17.7 Å². The van der Waals surface area contributed by atoms with Crippen molar-refractivity contribution < 1.29 is 9.84 Å². The number of ether oxygens (including phenoxy) is 1. The van der Waals surface area contributed by atoms with Crippen molar-refractivity contribution in [1.29, 1.82) is 0 Å². The molecule has 1 aromatic heterocycles. The van der Waals surface area contributed by atoms with Gasteiger partial charge in [-0.3, -0.25) is 4.90 Å². The van der Waals surface area contributed by atoms with Gasteiger partial charge in [0, 0.05) is 18.3 Å². The summed E-state index contributed by atoms with van der Waals surface area (Å²) in [7, 11) is 0. The number of likely N-dealkylation sites (N-methyl/N-ethyl adjacent to an activating group) is 1. The lowest BCUT2D eigenvalue weighted by atomic mass is 10.1. The van der Waals surface area contributed by atoms with Gasteiger partial charge >= 0.3 is 0 Å². The van der Waals surface area contributed by atoms with Crippen molar-refractivity contribution in [2.45, 2.75) is 51.8 Å². The van der Waals surface area contributed by atoms with Crippen LogP contribution >= 0.6 is 0 Å². The van der Waals surface area contributed by atoms with E-state index in [1.54, 1.807) is 0 Å². The van der Waals surface area contributed by atoms with Crippen LogP contribution in [0, 0.1) is 0 Å². The minimum Gasteiger partial charge on any atom is -0.389 e. The number of aromatic nitrogens is 2. The van der Waals surface area contributed by atoms with E-state index in [4.69, 9.17) is 4.74 Å². The highest BCUT2D eigenvalue weighted by molar-refractivity contribution is 5.34. The fraction of sp³-hybridized carbons (Fsp3) is 0.550. The monoisotopic (exact) mass is 343 g/mol. The van der Waals surface area contributed by atoms with Crippen molar-refractivity contribution in [3.8, 4) is 5.69 Å². The third-order valence-electron chi connectivity index (χ3n) is 4.94. The van der Waals surface area contributed by atoms with Crippen LogP contribution in [0.5, 0.6) is 0 Å². The van der Waals surface area contributed by atoms with Gasteiger partial charge in [0.15, 0.2) is 0 Å². The van der Waals surface area contributed by atoms with Crippen molar-refractivity contribution in [3.05, 3.63) is 47.8 Å². The van der Waals surface area contributed by atoms with Crippen molar-refractivity contribution >= 4 is 0 Å². The molecule has 0 amide bonds. The molecule has 1 aromatic carbocycles. The molecule has 3 rings (SSSR count). The molecule has 1 N–H and O–H groups in total. The summed E-state index contributed by atoms with van der Waals surface area (Å²) < 4.78 is 7.32. The summed E-state index contributed by atoms with van der Waals surface area (Å²) in [6, 6.07) is 8.72. The van der Waals surface area contributed by atoms with E-state index in [2.05, 4.69) is 54.3 Å². The maximum Gasteiger partial charge on any atom is 0.0950 e. The third kappa shape index (κ3) is 4.48. The van der Waals surface area contributed by atoms with Crippen LogP contribution in [0.25, 0.3) is 5.69 Å². The number of aliphatic hydroxyl groups is 1. The summed E-state index contributed by atoms with van der Waals surface area (Å²) >= 11 is 0. The minimum absolute atomic E-state index is 0.0752. The second kappa shape index (κ2) is 8.61. The average molecular weight is 343 g/mol. The Hall–Kier alpha value is -1.69. The quantitative estimate of drug-likeness (QED) is 0.801. The number of aryl methyl sites for hydroxylation is 1. The van der Waals surface area contributed by atoms with Crippen LogP contribution < -0.4 is 0 Å². The summed E-state index contributed by atoms with van der Waals surface area (Å²) in [6.07, 6.45) is 7.18. The van der Waals surface area contributed by atoms with Gasteiger partial charge in [-0.25, -0.2) is 4.68 Å². The predicted octanol–water partition coefficient (Wildman–Crippen LogP) is 2.80. The number of aliphatic hydroxyl groups excluding tert-OH is 1. The fourth-order valence-electron chi connectivity index (χ4n) is 3.36. The molecule has 1 aliphatic rings. The van der Waals surface area contributed by atoms with Crippen LogP contribution in [0.1, 0.15) is 37.8 Å². The average Bonchev–Trinajstić information content (AvgIpc) is 3.27. The fourth-order valence-corrected chi connectivity index (χ4v) is 3.36. The Kier molecular flexibility index (Phi) is 6.24. The lowest BCUT2D eigenvalue weighted by Gasteiger charge is -2.27. The Morgan fingerprint density at radius 2 is 2.00 bits per heavy atom. The molecule has 2 aromatic rings. The molecule has 25 heavy (non-hydrogen) atoms. The van der Waals surface area contributed by atoms with Crippen LogP contribution in [0.2, 0.25) is 0 Å². The van der Waals surface area contributed by atoms with Gasteiger partial charge in [0.25, 0.3) is 0 Å². The molecule has 0 spiro atoms. The smallest absolute Gasteiger partial charge is 0.0950 e.